The van der Waals surface area contributed by atoms with Gasteiger partial charge in [-0.05, 0) is 49.0 Å². The molecular formula is C19H27N3S. The first-order chi connectivity index (χ1) is 11.3. The number of benzene rings is 1. The van der Waals surface area contributed by atoms with Crippen LogP contribution in [0.15, 0.2) is 24.3 Å². The minimum atomic E-state index is 0.630. The number of piperazine rings is 1. The van der Waals surface area contributed by atoms with Crippen LogP contribution in [0.25, 0.3) is 0 Å². The Morgan fingerprint density at radius 1 is 0.957 bits per heavy atom. The third-order valence-electron chi connectivity index (χ3n) is 5.83. The number of hydrogen-bond acceptors (Lipinski definition) is 2. The lowest BCUT2D eigenvalue weighted by Crippen LogP contribution is -2.55. The van der Waals surface area contributed by atoms with Crippen LogP contribution in [0.4, 0.5) is 0 Å². The van der Waals surface area contributed by atoms with Crippen molar-refractivity contribution in [1.82, 2.24) is 15.1 Å². The van der Waals surface area contributed by atoms with Crippen LogP contribution < -0.4 is 5.32 Å². The summed E-state index contributed by atoms with van der Waals surface area (Å²) in [5.74, 6) is 0. The highest BCUT2D eigenvalue weighted by Crippen LogP contribution is 2.26. The number of fused-ring (bicyclic) bond motifs is 1. The molecule has 0 radical (unpaired) electrons. The molecule has 23 heavy (non-hydrogen) atoms. The first-order valence-corrected chi connectivity index (χ1v) is 9.57. The van der Waals surface area contributed by atoms with Crippen LogP contribution >= 0.6 is 12.2 Å². The summed E-state index contributed by atoms with van der Waals surface area (Å²) in [6.45, 7) is 4.44. The van der Waals surface area contributed by atoms with Gasteiger partial charge in [-0.15, -0.1) is 0 Å². The van der Waals surface area contributed by atoms with Crippen molar-refractivity contribution in [2.24, 2.45) is 0 Å². The molecule has 0 amide bonds. The van der Waals surface area contributed by atoms with E-state index < -0.39 is 0 Å². The monoisotopic (exact) mass is 329 g/mol. The molecule has 1 saturated heterocycles. The van der Waals surface area contributed by atoms with Crippen LogP contribution in [0.1, 0.15) is 36.8 Å². The lowest BCUT2D eigenvalue weighted by atomic mass is 10.1. The second-order valence-electron chi connectivity index (χ2n) is 7.28. The lowest BCUT2D eigenvalue weighted by Gasteiger charge is -2.39. The van der Waals surface area contributed by atoms with Crippen LogP contribution in [0.3, 0.4) is 0 Å². The summed E-state index contributed by atoms with van der Waals surface area (Å²) < 4.78 is 0. The summed E-state index contributed by atoms with van der Waals surface area (Å²) in [6.07, 6.45) is 7.75. The molecule has 0 unspecified atom stereocenters. The van der Waals surface area contributed by atoms with Crippen molar-refractivity contribution in [2.45, 2.75) is 50.6 Å². The molecule has 1 heterocycles. The third-order valence-corrected chi connectivity index (χ3v) is 6.21. The normalized spacial score (nSPS) is 23.2. The van der Waals surface area contributed by atoms with Crippen molar-refractivity contribution in [3.63, 3.8) is 0 Å². The maximum absolute atomic E-state index is 5.64. The quantitative estimate of drug-likeness (QED) is 0.840. The summed E-state index contributed by atoms with van der Waals surface area (Å²) in [4.78, 5) is 5.06. The smallest absolute Gasteiger partial charge is 0.169 e. The van der Waals surface area contributed by atoms with Gasteiger partial charge < -0.3 is 10.2 Å². The maximum atomic E-state index is 5.64. The Hall–Kier alpha value is -1.13. The fraction of sp³-hybridized carbons (Fsp3) is 0.632. The summed E-state index contributed by atoms with van der Waals surface area (Å²) in [5, 5.41) is 4.58. The molecule has 0 aromatic heterocycles. The van der Waals surface area contributed by atoms with Crippen molar-refractivity contribution < 1.29 is 0 Å². The number of rotatable bonds is 2. The van der Waals surface area contributed by atoms with Crippen LogP contribution in [-0.4, -0.2) is 53.2 Å². The first-order valence-electron chi connectivity index (χ1n) is 9.16. The van der Waals surface area contributed by atoms with Gasteiger partial charge in [-0.3, -0.25) is 4.90 Å². The fourth-order valence-corrected chi connectivity index (χ4v) is 4.77. The van der Waals surface area contributed by atoms with Crippen LogP contribution in [0, 0.1) is 0 Å². The van der Waals surface area contributed by atoms with Crippen molar-refractivity contribution in [1.29, 1.82) is 0 Å². The molecule has 1 saturated carbocycles. The van der Waals surface area contributed by atoms with E-state index in [1.165, 1.54) is 38.5 Å². The highest BCUT2D eigenvalue weighted by molar-refractivity contribution is 7.80. The zero-order valence-electron chi connectivity index (χ0n) is 13.8. The number of hydrogen-bond donors (Lipinski definition) is 1. The van der Waals surface area contributed by atoms with Gasteiger partial charge in [-0.2, -0.15) is 0 Å². The van der Waals surface area contributed by atoms with Gasteiger partial charge in [0.2, 0.25) is 0 Å². The molecule has 3 nitrogen and oxygen atoms in total. The minimum Gasteiger partial charge on any atom is -0.360 e. The Kier molecular flexibility index (Phi) is 4.54. The molecule has 1 aromatic carbocycles. The van der Waals surface area contributed by atoms with E-state index >= 15 is 0 Å². The van der Waals surface area contributed by atoms with E-state index in [2.05, 4.69) is 39.4 Å². The van der Waals surface area contributed by atoms with Gasteiger partial charge in [0.05, 0.1) is 0 Å². The second-order valence-corrected chi connectivity index (χ2v) is 7.67. The van der Waals surface area contributed by atoms with E-state index in [4.69, 9.17) is 12.2 Å². The van der Waals surface area contributed by atoms with Crippen LogP contribution in [-0.2, 0) is 12.8 Å². The molecular weight excluding hydrogens is 302 g/mol. The molecule has 1 aliphatic heterocycles. The summed E-state index contributed by atoms with van der Waals surface area (Å²) >= 11 is 5.64. The van der Waals surface area contributed by atoms with Gasteiger partial charge in [-0.25, -0.2) is 0 Å². The minimum absolute atomic E-state index is 0.630. The highest BCUT2D eigenvalue weighted by atomic mass is 32.1. The molecule has 0 atom stereocenters. The van der Waals surface area contributed by atoms with Crippen molar-refractivity contribution in [2.75, 3.05) is 26.2 Å². The second kappa shape index (κ2) is 6.78. The van der Waals surface area contributed by atoms with Gasteiger partial charge in [0, 0.05) is 38.3 Å². The lowest BCUT2D eigenvalue weighted by molar-refractivity contribution is 0.135. The molecule has 4 heteroatoms. The third kappa shape index (κ3) is 3.38. The van der Waals surface area contributed by atoms with Gasteiger partial charge in [0.15, 0.2) is 5.11 Å². The Bertz CT molecular complexity index is 534. The number of nitrogens with zero attached hydrogens (tertiary/aromatic N) is 2. The average Bonchev–Trinajstić information content (AvgIpc) is 3.24. The molecule has 124 valence electrons. The predicted octanol–water partition coefficient (Wildman–Crippen LogP) is 2.59. The van der Waals surface area contributed by atoms with Crippen molar-refractivity contribution >= 4 is 17.3 Å². The molecule has 2 fully saturated rings. The first kappa shape index (κ1) is 15.4. The number of nitrogens with one attached hydrogen (secondary N) is 1. The Morgan fingerprint density at radius 2 is 1.57 bits per heavy atom. The van der Waals surface area contributed by atoms with Gasteiger partial charge >= 0.3 is 0 Å². The summed E-state index contributed by atoms with van der Waals surface area (Å²) in [6, 6.07) is 10.3. The zero-order chi connectivity index (χ0) is 15.6. The standard InChI is InChI=1S/C19H27N3S/c23-19(20-17-7-3-4-8-17)22-11-9-21(10-12-22)18-13-15-5-1-2-6-16(15)14-18/h1-2,5-6,17-18H,3-4,7-14H2,(H,20,23). The van der Waals surface area contributed by atoms with Gasteiger partial charge in [0.1, 0.15) is 0 Å². The summed E-state index contributed by atoms with van der Waals surface area (Å²) in [7, 11) is 0. The van der Waals surface area contributed by atoms with Crippen LogP contribution in [0.2, 0.25) is 0 Å². The Balaban J connectivity index is 1.27. The topological polar surface area (TPSA) is 18.5 Å². The van der Waals surface area contributed by atoms with E-state index in [0.29, 0.717) is 12.1 Å². The maximum Gasteiger partial charge on any atom is 0.169 e. The van der Waals surface area contributed by atoms with E-state index in [0.717, 1.165) is 31.3 Å². The predicted molar refractivity (Wildman–Crippen MR) is 98.8 cm³/mol. The molecule has 0 spiro atoms. The highest BCUT2D eigenvalue weighted by Gasteiger charge is 2.30. The molecule has 2 aliphatic carbocycles. The largest absolute Gasteiger partial charge is 0.360 e. The molecule has 1 aromatic rings. The van der Waals surface area contributed by atoms with Crippen molar-refractivity contribution in [3.8, 4) is 0 Å². The molecule has 4 rings (SSSR count). The Morgan fingerprint density at radius 3 is 2.17 bits per heavy atom. The SMILES string of the molecule is S=C(NC1CCCC1)N1CCN(C2Cc3ccccc3C2)CC1. The molecule has 0 bridgehead atoms. The fourth-order valence-electron chi connectivity index (χ4n) is 4.42. The van der Waals surface area contributed by atoms with Crippen LogP contribution in [0.5, 0.6) is 0 Å². The van der Waals surface area contributed by atoms with E-state index in [1.54, 1.807) is 11.1 Å². The Labute approximate surface area is 145 Å². The van der Waals surface area contributed by atoms with Crippen molar-refractivity contribution in [3.05, 3.63) is 35.4 Å². The average molecular weight is 330 g/mol. The zero-order valence-corrected chi connectivity index (χ0v) is 14.7. The van der Waals surface area contributed by atoms with Gasteiger partial charge in [-0.1, -0.05) is 37.1 Å². The molecule has 3 aliphatic rings. The molecule has 1 N–H and O–H groups in total. The number of thiocarbonyl (C=S) groups is 1. The summed E-state index contributed by atoms with van der Waals surface area (Å²) in [5.41, 5.74) is 3.11. The van der Waals surface area contributed by atoms with E-state index in [-0.39, 0.29) is 0 Å². The van der Waals surface area contributed by atoms with E-state index in [9.17, 15) is 0 Å². The van der Waals surface area contributed by atoms with Gasteiger partial charge in [0.25, 0.3) is 0 Å². The van der Waals surface area contributed by atoms with E-state index in [1.807, 2.05) is 0 Å².